The molecule has 0 spiro atoms. The molecule has 0 aliphatic carbocycles. The van der Waals surface area contributed by atoms with Crippen molar-refractivity contribution in [1.29, 1.82) is 0 Å². The monoisotopic (exact) mass is 289 g/mol. The Bertz CT molecular complexity index is 413. The van der Waals surface area contributed by atoms with Gasteiger partial charge in [0, 0.05) is 30.9 Å². The second kappa shape index (κ2) is 7.81. The quantitative estimate of drug-likeness (QED) is 0.831. The second-order valence-corrected chi connectivity index (χ2v) is 6.36. The van der Waals surface area contributed by atoms with Crippen LogP contribution >= 0.6 is 0 Å². The van der Waals surface area contributed by atoms with Gasteiger partial charge in [-0.1, -0.05) is 26.0 Å². The summed E-state index contributed by atoms with van der Waals surface area (Å²) in [7, 11) is 4.34. The SMILES string of the molecule is CCNC(CC)c1ccc(N2CCCC2CN(C)C)cc1. The van der Waals surface area contributed by atoms with E-state index in [4.69, 9.17) is 0 Å². The molecule has 1 saturated heterocycles. The van der Waals surface area contributed by atoms with E-state index in [-0.39, 0.29) is 0 Å². The fourth-order valence-corrected chi connectivity index (χ4v) is 3.43. The Morgan fingerprint density at radius 2 is 1.95 bits per heavy atom. The first kappa shape index (κ1) is 16.3. The van der Waals surface area contributed by atoms with Gasteiger partial charge in [-0.25, -0.2) is 0 Å². The summed E-state index contributed by atoms with van der Waals surface area (Å²) in [5.74, 6) is 0. The molecule has 1 fully saturated rings. The maximum Gasteiger partial charge on any atom is 0.0417 e. The largest absolute Gasteiger partial charge is 0.367 e. The summed E-state index contributed by atoms with van der Waals surface area (Å²) in [4.78, 5) is 4.88. The first-order valence-electron chi connectivity index (χ1n) is 8.40. The minimum atomic E-state index is 0.486. The zero-order valence-corrected chi connectivity index (χ0v) is 14.1. The van der Waals surface area contributed by atoms with Crippen LogP contribution < -0.4 is 10.2 Å². The zero-order valence-electron chi connectivity index (χ0n) is 14.1. The molecule has 1 heterocycles. The van der Waals surface area contributed by atoms with Gasteiger partial charge in [-0.3, -0.25) is 0 Å². The van der Waals surface area contributed by atoms with Gasteiger partial charge >= 0.3 is 0 Å². The summed E-state index contributed by atoms with van der Waals surface area (Å²) in [6, 6.07) is 10.4. The van der Waals surface area contributed by atoms with Gasteiger partial charge in [0.05, 0.1) is 0 Å². The lowest BCUT2D eigenvalue weighted by Crippen LogP contribution is -2.37. The van der Waals surface area contributed by atoms with Crippen molar-refractivity contribution >= 4 is 5.69 Å². The average Bonchev–Trinajstić information content (AvgIpc) is 2.92. The molecule has 0 radical (unpaired) electrons. The Morgan fingerprint density at radius 3 is 2.52 bits per heavy atom. The van der Waals surface area contributed by atoms with E-state index in [0.29, 0.717) is 12.1 Å². The third kappa shape index (κ3) is 4.21. The highest BCUT2D eigenvalue weighted by atomic mass is 15.2. The van der Waals surface area contributed by atoms with Crippen LogP contribution in [0.25, 0.3) is 0 Å². The number of nitrogens with one attached hydrogen (secondary N) is 1. The third-order valence-corrected chi connectivity index (χ3v) is 4.44. The minimum Gasteiger partial charge on any atom is -0.367 e. The van der Waals surface area contributed by atoms with Crippen molar-refractivity contribution in [3.63, 3.8) is 0 Å². The maximum atomic E-state index is 3.55. The van der Waals surface area contributed by atoms with Crippen LogP contribution in [0.4, 0.5) is 5.69 Å². The first-order chi connectivity index (χ1) is 10.2. The van der Waals surface area contributed by atoms with E-state index in [1.54, 1.807) is 0 Å². The van der Waals surface area contributed by atoms with E-state index in [9.17, 15) is 0 Å². The van der Waals surface area contributed by atoms with Gasteiger partial charge in [0.15, 0.2) is 0 Å². The number of likely N-dealkylation sites (N-methyl/N-ethyl adjacent to an activating group) is 1. The number of nitrogens with zero attached hydrogens (tertiary/aromatic N) is 2. The molecule has 0 bridgehead atoms. The van der Waals surface area contributed by atoms with Crippen molar-refractivity contribution < 1.29 is 0 Å². The summed E-state index contributed by atoms with van der Waals surface area (Å²) >= 11 is 0. The standard InChI is InChI=1S/C18H31N3/c1-5-18(19-6-2)15-9-11-16(12-10-15)21-13-7-8-17(21)14-20(3)4/h9-12,17-19H,5-8,13-14H2,1-4H3. The summed E-state index contributed by atoms with van der Waals surface area (Å²) in [6.45, 7) is 7.79. The van der Waals surface area contributed by atoms with Gasteiger partial charge in [-0.2, -0.15) is 0 Å². The molecule has 3 heteroatoms. The average molecular weight is 289 g/mol. The normalized spacial score (nSPS) is 20.2. The molecule has 1 aliphatic heterocycles. The van der Waals surface area contributed by atoms with Gasteiger partial charge < -0.3 is 15.1 Å². The fourth-order valence-electron chi connectivity index (χ4n) is 3.43. The van der Waals surface area contributed by atoms with Crippen molar-refractivity contribution in [3.05, 3.63) is 29.8 Å². The molecule has 3 nitrogen and oxygen atoms in total. The molecule has 0 aromatic heterocycles. The molecule has 1 aliphatic rings. The van der Waals surface area contributed by atoms with Crippen LogP contribution in [0.2, 0.25) is 0 Å². The van der Waals surface area contributed by atoms with Crippen LogP contribution in [0.5, 0.6) is 0 Å². The van der Waals surface area contributed by atoms with Crippen molar-refractivity contribution in [1.82, 2.24) is 10.2 Å². The summed E-state index contributed by atoms with van der Waals surface area (Å²) in [6.07, 6.45) is 3.77. The van der Waals surface area contributed by atoms with Crippen LogP contribution in [-0.2, 0) is 0 Å². The maximum absolute atomic E-state index is 3.55. The number of hydrogen-bond donors (Lipinski definition) is 1. The molecule has 2 unspecified atom stereocenters. The summed E-state index contributed by atoms with van der Waals surface area (Å²) < 4.78 is 0. The molecular formula is C18H31N3. The van der Waals surface area contributed by atoms with Crippen LogP contribution in [-0.4, -0.2) is 44.7 Å². The van der Waals surface area contributed by atoms with Crippen molar-refractivity contribution in [3.8, 4) is 0 Å². The molecule has 2 rings (SSSR count). The van der Waals surface area contributed by atoms with Crippen molar-refractivity contribution in [2.24, 2.45) is 0 Å². The van der Waals surface area contributed by atoms with E-state index in [1.807, 2.05) is 0 Å². The first-order valence-corrected chi connectivity index (χ1v) is 8.40. The number of benzene rings is 1. The Balaban J connectivity index is 2.07. The van der Waals surface area contributed by atoms with E-state index >= 15 is 0 Å². The lowest BCUT2D eigenvalue weighted by molar-refractivity contribution is 0.372. The molecule has 21 heavy (non-hydrogen) atoms. The molecular weight excluding hydrogens is 258 g/mol. The Hall–Kier alpha value is -1.06. The highest BCUT2D eigenvalue weighted by Crippen LogP contribution is 2.27. The van der Waals surface area contributed by atoms with E-state index in [2.05, 4.69) is 67.3 Å². The highest BCUT2D eigenvalue weighted by Gasteiger charge is 2.25. The molecule has 0 saturated carbocycles. The Labute approximate surface area is 130 Å². The number of anilines is 1. The predicted molar refractivity (Wildman–Crippen MR) is 92.1 cm³/mol. The van der Waals surface area contributed by atoms with E-state index < -0.39 is 0 Å². The highest BCUT2D eigenvalue weighted by molar-refractivity contribution is 5.50. The molecule has 1 aromatic rings. The van der Waals surface area contributed by atoms with Crippen LogP contribution in [0.3, 0.4) is 0 Å². The minimum absolute atomic E-state index is 0.486. The van der Waals surface area contributed by atoms with Crippen LogP contribution in [0.1, 0.15) is 44.7 Å². The van der Waals surface area contributed by atoms with Crippen LogP contribution in [0.15, 0.2) is 24.3 Å². The molecule has 118 valence electrons. The topological polar surface area (TPSA) is 18.5 Å². The van der Waals surface area contributed by atoms with Gasteiger partial charge in [-0.15, -0.1) is 0 Å². The predicted octanol–water partition coefficient (Wildman–Crippen LogP) is 3.28. The van der Waals surface area contributed by atoms with Gasteiger partial charge in [0.1, 0.15) is 0 Å². The van der Waals surface area contributed by atoms with Gasteiger partial charge in [0.25, 0.3) is 0 Å². The van der Waals surface area contributed by atoms with Crippen molar-refractivity contribution in [2.75, 3.05) is 38.6 Å². The van der Waals surface area contributed by atoms with Gasteiger partial charge in [-0.05, 0) is 57.6 Å². The summed E-state index contributed by atoms with van der Waals surface area (Å²) in [5, 5.41) is 3.55. The smallest absolute Gasteiger partial charge is 0.0417 e. The van der Waals surface area contributed by atoms with Gasteiger partial charge in [0.2, 0.25) is 0 Å². The van der Waals surface area contributed by atoms with E-state index in [0.717, 1.165) is 19.5 Å². The van der Waals surface area contributed by atoms with Crippen molar-refractivity contribution in [2.45, 2.75) is 45.2 Å². The van der Waals surface area contributed by atoms with E-state index in [1.165, 1.54) is 30.6 Å². The number of rotatable bonds is 7. The molecule has 1 N–H and O–H groups in total. The van der Waals surface area contributed by atoms with Crippen LogP contribution in [0, 0.1) is 0 Å². The second-order valence-electron chi connectivity index (χ2n) is 6.36. The molecule has 0 amide bonds. The Morgan fingerprint density at radius 1 is 1.24 bits per heavy atom. The summed E-state index contributed by atoms with van der Waals surface area (Å²) in [5.41, 5.74) is 2.79. The molecule has 1 aromatic carbocycles. The fraction of sp³-hybridized carbons (Fsp3) is 0.667. The Kier molecular flexibility index (Phi) is 6.07. The lowest BCUT2D eigenvalue weighted by Gasteiger charge is -2.29. The number of hydrogen-bond acceptors (Lipinski definition) is 3. The lowest BCUT2D eigenvalue weighted by atomic mass is 10.0. The zero-order chi connectivity index (χ0) is 15.2. The third-order valence-electron chi connectivity index (χ3n) is 4.44. The molecule has 2 atom stereocenters.